The molecule has 122 valence electrons. The van der Waals surface area contributed by atoms with Gasteiger partial charge in [-0.25, -0.2) is 0 Å². The number of H-pyrrole nitrogens is 1. The van der Waals surface area contributed by atoms with E-state index in [1.165, 1.54) is 6.20 Å². The molecule has 0 amide bonds. The molecule has 0 unspecified atom stereocenters. The van der Waals surface area contributed by atoms with Crippen LogP contribution in [0.5, 0.6) is 5.75 Å². The molecule has 9 nitrogen and oxygen atoms in total. The first-order valence-electron chi connectivity index (χ1n) is 7.01. The number of carbonyl (C=O) groups is 1. The molecule has 9 heteroatoms. The standard InChI is InChI=1S/C15H14N6O3/c1-24-11-4-2-10(3-5-11)9-21-12(6-7-16-21)13(22)8-14(23)15-17-19-20-18-15/h2-8,23H,9H2,1H3,(H,17,18,19,20). The average Bonchev–Trinajstić information content (AvgIpc) is 3.27. The highest BCUT2D eigenvalue weighted by Crippen LogP contribution is 2.14. The number of ketones is 1. The first-order chi connectivity index (χ1) is 11.7. The van der Waals surface area contributed by atoms with Crippen LogP contribution in [0, 0.1) is 0 Å². The van der Waals surface area contributed by atoms with Crippen molar-refractivity contribution in [1.29, 1.82) is 0 Å². The van der Waals surface area contributed by atoms with Crippen molar-refractivity contribution < 1.29 is 14.6 Å². The topological polar surface area (TPSA) is 119 Å². The molecule has 0 aliphatic carbocycles. The Labute approximate surface area is 136 Å². The van der Waals surface area contributed by atoms with E-state index in [0.29, 0.717) is 12.2 Å². The van der Waals surface area contributed by atoms with Crippen molar-refractivity contribution >= 4 is 11.5 Å². The van der Waals surface area contributed by atoms with Crippen LogP contribution in [-0.2, 0) is 6.54 Å². The monoisotopic (exact) mass is 326 g/mol. The molecule has 0 aliphatic heterocycles. The number of hydrogen-bond donors (Lipinski definition) is 2. The Morgan fingerprint density at radius 3 is 2.79 bits per heavy atom. The minimum atomic E-state index is -0.414. The van der Waals surface area contributed by atoms with Crippen molar-refractivity contribution in [2.75, 3.05) is 7.11 Å². The van der Waals surface area contributed by atoms with E-state index in [1.54, 1.807) is 17.9 Å². The number of tetrazole rings is 1. The van der Waals surface area contributed by atoms with Crippen LogP contribution in [0.1, 0.15) is 21.9 Å². The number of nitrogens with one attached hydrogen (secondary N) is 1. The summed E-state index contributed by atoms with van der Waals surface area (Å²) in [6.45, 7) is 0.412. The first-order valence-corrected chi connectivity index (χ1v) is 7.01. The van der Waals surface area contributed by atoms with Crippen LogP contribution in [0.15, 0.2) is 42.6 Å². The zero-order valence-electron chi connectivity index (χ0n) is 12.7. The van der Waals surface area contributed by atoms with Crippen LogP contribution in [0.25, 0.3) is 5.76 Å². The number of aliphatic hydroxyl groups is 1. The van der Waals surface area contributed by atoms with Crippen molar-refractivity contribution in [2.45, 2.75) is 6.54 Å². The maximum atomic E-state index is 12.3. The molecule has 2 heterocycles. The third kappa shape index (κ3) is 3.29. The molecule has 0 saturated heterocycles. The highest BCUT2D eigenvalue weighted by atomic mass is 16.5. The number of methoxy groups -OCH3 is 1. The van der Waals surface area contributed by atoms with E-state index >= 15 is 0 Å². The van der Waals surface area contributed by atoms with Gasteiger partial charge >= 0.3 is 0 Å². The number of aromatic amines is 1. The Morgan fingerprint density at radius 1 is 1.33 bits per heavy atom. The zero-order valence-corrected chi connectivity index (χ0v) is 12.7. The molecule has 0 atom stereocenters. The van der Waals surface area contributed by atoms with Gasteiger partial charge in [-0.1, -0.05) is 12.1 Å². The van der Waals surface area contributed by atoms with Gasteiger partial charge < -0.3 is 9.84 Å². The van der Waals surface area contributed by atoms with Gasteiger partial charge in [-0.05, 0) is 29.0 Å². The number of nitrogens with zero attached hydrogens (tertiary/aromatic N) is 5. The summed E-state index contributed by atoms with van der Waals surface area (Å²) in [4.78, 5) is 12.3. The van der Waals surface area contributed by atoms with Crippen LogP contribution < -0.4 is 4.74 Å². The SMILES string of the molecule is COc1ccc(Cn2nccc2C(=O)C=C(O)c2nn[nH]n2)cc1. The second-order valence-electron chi connectivity index (χ2n) is 4.85. The van der Waals surface area contributed by atoms with Crippen molar-refractivity contribution in [3.8, 4) is 5.75 Å². The summed E-state index contributed by atoms with van der Waals surface area (Å²) < 4.78 is 6.66. The summed E-state index contributed by atoms with van der Waals surface area (Å²) in [6.07, 6.45) is 2.56. The summed E-state index contributed by atoms with van der Waals surface area (Å²) >= 11 is 0. The second kappa shape index (κ2) is 6.73. The van der Waals surface area contributed by atoms with Gasteiger partial charge in [0.05, 0.1) is 13.7 Å². The van der Waals surface area contributed by atoms with Crippen LogP contribution in [0.3, 0.4) is 0 Å². The Hall–Kier alpha value is -3.49. The Kier molecular flexibility index (Phi) is 4.32. The number of aromatic nitrogens is 6. The van der Waals surface area contributed by atoms with E-state index in [0.717, 1.165) is 17.4 Å². The van der Waals surface area contributed by atoms with E-state index in [2.05, 4.69) is 25.7 Å². The molecule has 3 aromatic rings. The maximum absolute atomic E-state index is 12.3. The third-order valence-corrected chi connectivity index (χ3v) is 3.30. The molecule has 3 rings (SSSR count). The molecular formula is C15H14N6O3. The van der Waals surface area contributed by atoms with Gasteiger partial charge in [0.15, 0.2) is 5.76 Å². The van der Waals surface area contributed by atoms with Crippen molar-refractivity contribution in [1.82, 2.24) is 30.4 Å². The lowest BCUT2D eigenvalue weighted by Crippen LogP contribution is -2.10. The van der Waals surface area contributed by atoms with Gasteiger partial charge in [0, 0.05) is 12.3 Å². The number of hydrogen-bond acceptors (Lipinski definition) is 7. The van der Waals surface area contributed by atoms with E-state index in [4.69, 9.17) is 4.74 Å². The molecule has 0 spiro atoms. The van der Waals surface area contributed by atoms with Gasteiger partial charge in [-0.15, -0.1) is 10.2 Å². The normalized spacial score (nSPS) is 11.5. The molecule has 0 bridgehead atoms. The molecule has 0 fully saturated rings. The minimum absolute atomic E-state index is 0.0513. The van der Waals surface area contributed by atoms with Crippen LogP contribution in [0.2, 0.25) is 0 Å². The molecule has 0 aliphatic rings. The average molecular weight is 326 g/mol. The van der Waals surface area contributed by atoms with Crippen molar-refractivity contribution in [3.63, 3.8) is 0 Å². The molecule has 2 aromatic heterocycles. The highest BCUT2D eigenvalue weighted by molar-refractivity contribution is 6.06. The zero-order chi connectivity index (χ0) is 16.9. The summed E-state index contributed by atoms with van der Waals surface area (Å²) in [5.41, 5.74) is 1.29. The Morgan fingerprint density at radius 2 is 2.12 bits per heavy atom. The predicted molar refractivity (Wildman–Crippen MR) is 83.4 cm³/mol. The lowest BCUT2D eigenvalue weighted by atomic mass is 10.2. The van der Waals surface area contributed by atoms with Crippen LogP contribution >= 0.6 is 0 Å². The fraction of sp³-hybridized carbons (Fsp3) is 0.133. The molecule has 24 heavy (non-hydrogen) atoms. The fourth-order valence-corrected chi connectivity index (χ4v) is 2.10. The number of benzene rings is 1. The fourth-order valence-electron chi connectivity index (χ4n) is 2.10. The van der Waals surface area contributed by atoms with Gasteiger partial charge in [-0.3, -0.25) is 9.48 Å². The Balaban J connectivity index is 1.79. The van der Waals surface area contributed by atoms with E-state index in [-0.39, 0.29) is 11.6 Å². The highest BCUT2D eigenvalue weighted by Gasteiger charge is 2.14. The van der Waals surface area contributed by atoms with Crippen LogP contribution in [0.4, 0.5) is 0 Å². The predicted octanol–water partition coefficient (Wildman–Crippen LogP) is 1.23. The van der Waals surface area contributed by atoms with E-state index < -0.39 is 5.78 Å². The summed E-state index contributed by atoms with van der Waals surface area (Å²) in [5, 5.41) is 26.7. The third-order valence-electron chi connectivity index (χ3n) is 3.30. The lowest BCUT2D eigenvalue weighted by Gasteiger charge is -2.06. The molecule has 1 aromatic carbocycles. The van der Waals surface area contributed by atoms with Crippen molar-refractivity contribution in [2.24, 2.45) is 0 Å². The first kappa shape index (κ1) is 15.4. The number of allylic oxidation sites excluding steroid dienone is 1. The van der Waals surface area contributed by atoms with Crippen molar-refractivity contribution in [3.05, 3.63) is 59.7 Å². The summed E-state index contributed by atoms with van der Waals surface area (Å²) in [6, 6.07) is 9.03. The molecule has 0 radical (unpaired) electrons. The minimum Gasteiger partial charge on any atom is -0.504 e. The van der Waals surface area contributed by atoms with Gasteiger partial charge in [0.2, 0.25) is 11.6 Å². The number of rotatable bonds is 6. The van der Waals surface area contributed by atoms with Gasteiger partial charge in [-0.2, -0.15) is 10.3 Å². The number of aliphatic hydroxyl groups excluding tert-OH is 1. The number of ether oxygens (including phenoxy) is 1. The quantitative estimate of drug-likeness (QED) is 0.397. The lowest BCUT2D eigenvalue weighted by molar-refractivity contribution is 0.103. The number of carbonyl (C=O) groups excluding carboxylic acids is 1. The summed E-state index contributed by atoms with van der Waals surface area (Å²) in [5.74, 6) is -0.0812. The molecule has 0 saturated carbocycles. The largest absolute Gasteiger partial charge is 0.504 e. The van der Waals surface area contributed by atoms with E-state index in [1.807, 2.05) is 24.3 Å². The second-order valence-corrected chi connectivity index (χ2v) is 4.85. The molecular weight excluding hydrogens is 312 g/mol. The van der Waals surface area contributed by atoms with Gasteiger partial charge in [0.1, 0.15) is 11.4 Å². The summed E-state index contributed by atoms with van der Waals surface area (Å²) in [7, 11) is 1.60. The maximum Gasteiger partial charge on any atom is 0.239 e. The van der Waals surface area contributed by atoms with Crippen LogP contribution in [-0.4, -0.2) is 48.4 Å². The van der Waals surface area contributed by atoms with E-state index in [9.17, 15) is 9.90 Å². The Bertz CT molecular complexity index is 852. The smallest absolute Gasteiger partial charge is 0.239 e. The molecule has 2 N–H and O–H groups in total. The van der Waals surface area contributed by atoms with Gasteiger partial charge in [0.25, 0.3) is 0 Å².